The highest BCUT2D eigenvalue weighted by Gasteiger charge is 2.31. The van der Waals surface area contributed by atoms with Crippen molar-refractivity contribution >= 4 is 5.91 Å². The molecule has 1 aromatic carbocycles. The summed E-state index contributed by atoms with van der Waals surface area (Å²) in [6, 6.07) is 5.79. The zero-order valence-electron chi connectivity index (χ0n) is 14.8. The average Bonchev–Trinajstić information content (AvgIpc) is 3.14. The molecule has 3 rings (SSSR count). The van der Waals surface area contributed by atoms with Crippen molar-refractivity contribution in [1.82, 2.24) is 9.80 Å². The molecule has 0 radical (unpaired) electrons. The zero-order chi connectivity index (χ0) is 18.5. The molecule has 0 saturated carbocycles. The Morgan fingerprint density at radius 2 is 1.81 bits per heavy atom. The smallest absolute Gasteiger partial charge is 0.387 e. The standard InChI is InChI=1S/C19H26F2N2O3/c20-19(21)26-17-5-3-16(4-6-17)18(25)23-11-14(9-15(12-23)13-24)10-22-7-1-2-8-22/h3-6,14-15,19,24H,1-2,7-13H2. The second-order valence-electron chi connectivity index (χ2n) is 7.27. The van der Waals surface area contributed by atoms with E-state index in [9.17, 15) is 18.7 Å². The minimum atomic E-state index is -2.88. The van der Waals surface area contributed by atoms with E-state index in [1.807, 2.05) is 0 Å². The molecule has 0 aromatic heterocycles. The number of carbonyl (C=O) groups is 1. The number of likely N-dealkylation sites (tertiary alicyclic amines) is 2. The van der Waals surface area contributed by atoms with Crippen LogP contribution in [-0.2, 0) is 0 Å². The lowest BCUT2D eigenvalue weighted by Gasteiger charge is -2.38. The van der Waals surface area contributed by atoms with Gasteiger partial charge in [-0.15, -0.1) is 0 Å². The number of alkyl halides is 2. The fourth-order valence-corrected chi connectivity index (χ4v) is 4.04. The molecular formula is C19H26F2N2O3. The molecule has 0 bridgehead atoms. The molecule has 0 aliphatic carbocycles. The van der Waals surface area contributed by atoms with Crippen LogP contribution in [0.1, 0.15) is 29.6 Å². The molecule has 1 N–H and O–H groups in total. The molecule has 144 valence electrons. The number of nitrogens with zero attached hydrogens (tertiary/aromatic N) is 2. The summed E-state index contributed by atoms with van der Waals surface area (Å²) in [5.41, 5.74) is 0.449. The molecule has 0 spiro atoms. The third-order valence-electron chi connectivity index (χ3n) is 5.21. The number of hydrogen-bond acceptors (Lipinski definition) is 4. The van der Waals surface area contributed by atoms with Crippen LogP contribution in [0, 0.1) is 11.8 Å². The number of benzene rings is 1. The Morgan fingerprint density at radius 3 is 2.42 bits per heavy atom. The van der Waals surface area contributed by atoms with Crippen molar-refractivity contribution in [2.24, 2.45) is 11.8 Å². The first kappa shape index (κ1) is 19.0. The summed E-state index contributed by atoms with van der Waals surface area (Å²) >= 11 is 0. The van der Waals surface area contributed by atoms with Gasteiger partial charge in [-0.05, 0) is 68.5 Å². The van der Waals surface area contributed by atoms with Gasteiger partial charge in [0.05, 0.1) is 0 Å². The van der Waals surface area contributed by atoms with Crippen LogP contribution in [0.4, 0.5) is 8.78 Å². The normalized spacial score (nSPS) is 24.2. The van der Waals surface area contributed by atoms with Gasteiger partial charge in [0.25, 0.3) is 5.91 Å². The first-order chi connectivity index (χ1) is 12.5. The number of halogens is 2. The molecule has 1 amide bonds. The van der Waals surface area contributed by atoms with Gasteiger partial charge in [-0.1, -0.05) is 0 Å². The number of rotatable bonds is 6. The molecular weight excluding hydrogens is 342 g/mol. The fourth-order valence-electron chi connectivity index (χ4n) is 4.04. The lowest BCUT2D eigenvalue weighted by atomic mass is 9.89. The van der Waals surface area contributed by atoms with Gasteiger partial charge in [-0.3, -0.25) is 4.79 Å². The van der Waals surface area contributed by atoms with Crippen LogP contribution in [0.5, 0.6) is 5.75 Å². The van der Waals surface area contributed by atoms with Crippen molar-refractivity contribution < 1.29 is 23.4 Å². The van der Waals surface area contributed by atoms with Crippen LogP contribution in [0.25, 0.3) is 0 Å². The quantitative estimate of drug-likeness (QED) is 0.838. The summed E-state index contributed by atoms with van der Waals surface area (Å²) < 4.78 is 28.8. The van der Waals surface area contributed by atoms with E-state index in [1.165, 1.54) is 37.1 Å². The number of ether oxygens (including phenoxy) is 1. The molecule has 2 aliphatic rings. The summed E-state index contributed by atoms with van der Waals surface area (Å²) in [6.07, 6.45) is 3.38. The summed E-state index contributed by atoms with van der Waals surface area (Å²) in [7, 11) is 0. The van der Waals surface area contributed by atoms with Crippen LogP contribution >= 0.6 is 0 Å². The summed E-state index contributed by atoms with van der Waals surface area (Å²) in [4.78, 5) is 17.0. The van der Waals surface area contributed by atoms with Gasteiger partial charge < -0.3 is 19.6 Å². The Hall–Kier alpha value is -1.73. The lowest BCUT2D eigenvalue weighted by Crippen LogP contribution is -2.47. The number of hydrogen-bond donors (Lipinski definition) is 1. The minimum absolute atomic E-state index is 0.0374. The number of aliphatic hydroxyl groups excluding tert-OH is 1. The Balaban J connectivity index is 1.64. The average molecular weight is 368 g/mol. The van der Waals surface area contributed by atoms with Crippen LogP contribution in [0.3, 0.4) is 0 Å². The number of carbonyl (C=O) groups excluding carboxylic acids is 1. The Labute approximate surface area is 152 Å². The number of amides is 1. The minimum Gasteiger partial charge on any atom is -0.435 e. The highest BCUT2D eigenvalue weighted by Crippen LogP contribution is 2.26. The highest BCUT2D eigenvalue weighted by molar-refractivity contribution is 5.94. The SMILES string of the molecule is O=C(c1ccc(OC(F)F)cc1)N1CC(CO)CC(CN2CCCC2)C1. The van der Waals surface area contributed by atoms with Gasteiger partial charge >= 0.3 is 6.61 Å². The molecule has 7 heteroatoms. The number of piperidine rings is 1. The molecule has 2 atom stereocenters. The summed E-state index contributed by atoms with van der Waals surface area (Å²) in [5, 5.41) is 9.62. The maximum Gasteiger partial charge on any atom is 0.387 e. The van der Waals surface area contributed by atoms with E-state index in [1.54, 1.807) is 4.90 Å². The second-order valence-corrected chi connectivity index (χ2v) is 7.27. The highest BCUT2D eigenvalue weighted by atomic mass is 19.3. The van der Waals surface area contributed by atoms with E-state index in [2.05, 4.69) is 9.64 Å². The van der Waals surface area contributed by atoms with Crippen LogP contribution in [-0.4, -0.2) is 66.8 Å². The summed E-state index contributed by atoms with van der Waals surface area (Å²) in [5.74, 6) is 0.347. The van der Waals surface area contributed by atoms with E-state index in [4.69, 9.17) is 0 Å². The van der Waals surface area contributed by atoms with E-state index in [-0.39, 0.29) is 24.2 Å². The Bertz CT molecular complexity index is 591. The van der Waals surface area contributed by atoms with E-state index in [0.717, 1.165) is 26.1 Å². The second kappa shape index (κ2) is 8.77. The maximum absolute atomic E-state index is 12.8. The maximum atomic E-state index is 12.8. The molecule has 2 saturated heterocycles. The molecule has 1 aromatic rings. The molecule has 5 nitrogen and oxygen atoms in total. The predicted molar refractivity (Wildman–Crippen MR) is 93.3 cm³/mol. The van der Waals surface area contributed by atoms with Crippen molar-refractivity contribution in [3.8, 4) is 5.75 Å². The predicted octanol–water partition coefficient (Wildman–Crippen LogP) is 2.45. The third-order valence-corrected chi connectivity index (χ3v) is 5.21. The fraction of sp³-hybridized carbons (Fsp3) is 0.632. The molecule has 2 aliphatic heterocycles. The van der Waals surface area contributed by atoms with Crippen LogP contribution in [0.2, 0.25) is 0 Å². The Morgan fingerprint density at radius 1 is 1.15 bits per heavy atom. The topological polar surface area (TPSA) is 53.0 Å². The van der Waals surface area contributed by atoms with Gasteiger partial charge in [0, 0.05) is 31.8 Å². The van der Waals surface area contributed by atoms with Crippen molar-refractivity contribution in [2.45, 2.75) is 25.9 Å². The summed E-state index contributed by atoms with van der Waals surface area (Å²) in [6.45, 7) is 1.57. The first-order valence-corrected chi connectivity index (χ1v) is 9.22. The van der Waals surface area contributed by atoms with E-state index < -0.39 is 6.61 Å². The van der Waals surface area contributed by atoms with Gasteiger partial charge in [-0.2, -0.15) is 8.78 Å². The largest absolute Gasteiger partial charge is 0.435 e. The lowest BCUT2D eigenvalue weighted by molar-refractivity contribution is -0.0498. The molecule has 2 fully saturated rings. The number of aliphatic hydroxyl groups is 1. The van der Waals surface area contributed by atoms with Crippen LogP contribution < -0.4 is 4.74 Å². The first-order valence-electron chi connectivity index (χ1n) is 9.22. The van der Waals surface area contributed by atoms with Gasteiger partial charge in [0.1, 0.15) is 5.75 Å². The molecule has 26 heavy (non-hydrogen) atoms. The third kappa shape index (κ3) is 4.92. The van der Waals surface area contributed by atoms with Crippen molar-refractivity contribution in [2.75, 3.05) is 39.3 Å². The van der Waals surface area contributed by atoms with E-state index >= 15 is 0 Å². The Kier molecular flexibility index (Phi) is 6.43. The monoisotopic (exact) mass is 368 g/mol. The van der Waals surface area contributed by atoms with Gasteiger partial charge in [-0.25, -0.2) is 0 Å². The van der Waals surface area contributed by atoms with E-state index in [0.29, 0.717) is 24.6 Å². The molecule has 2 heterocycles. The zero-order valence-corrected chi connectivity index (χ0v) is 14.8. The van der Waals surface area contributed by atoms with Crippen molar-refractivity contribution in [3.63, 3.8) is 0 Å². The van der Waals surface area contributed by atoms with Gasteiger partial charge in [0.15, 0.2) is 0 Å². The van der Waals surface area contributed by atoms with Gasteiger partial charge in [0.2, 0.25) is 0 Å². The molecule has 2 unspecified atom stereocenters. The van der Waals surface area contributed by atoms with Crippen molar-refractivity contribution in [1.29, 1.82) is 0 Å². The van der Waals surface area contributed by atoms with Crippen LogP contribution in [0.15, 0.2) is 24.3 Å². The van der Waals surface area contributed by atoms with Crippen molar-refractivity contribution in [3.05, 3.63) is 29.8 Å².